The Morgan fingerprint density at radius 1 is 1.50 bits per heavy atom. The van der Waals surface area contributed by atoms with Crippen molar-refractivity contribution in [1.29, 1.82) is 0 Å². The van der Waals surface area contributed by atoms with E-state index >= 15 is 0 Å². The second kappa shape index (κ2) is 4.52. The van der Waals surface area contributed by atoms with Gasteiger partial charge in [-0.1, -0.05) is 23.9 Å². The van der Waals surface area contributed by atoms with Crippen molar-refractivity contribution in [2.45, 2.75) is 10.9 Å². The molecule has 0 atom stereocenters. The van der Waals surface area contributed by atoms with E-state index in [0.717, 1.165) is 5.16 Å². The van der Waals surface area contributed by atoms with Gasteiger partial charge < -0.3 is 5.73 Å². The number of nitrogens with zero attached hydrogens (tertiary/aromatic N) is 3. The fourth-order valence-corrected chi connectivity index (χ4v) is 2.13. The van der Waals surface area contributed by atoms with Crippen molar-refractivity contribution in [3.63, 3.8) is 0 Å². The van der Waals surface area contributed by atoms with Crippen molar-refractivity contribution in [3.8, 4) is 0 Å². The zero-order chi connectivity index (χ0) is 11.5. The summed E-state index contributed by atoms with van der Waals surface area (Å²) in [5.41, 5.74) is 6.24. The second-order valence-corrected chi connectivity index (χ2v) is 4.22. The van der Waals surface area contributed by atoms with E-state index in [1.54, 1.807) is 29.9 Å². The number of rotatable bonds is 3. The van der Waals surface area contributed by atoms with E-state index in [0.29, 0.717) is 11.3 Å². The van der Waals surface area contributed by atoms with E-state index < -0.39 is 0 Å². The van der Waals surface area contributed by atoms with Gasteiger partial charge in [-0.2, -0.15) is 5.10 Å². The molecule has 2 N–H and O–H groups in total. The third-order valence-corrected chi connectivity index (χ3v) is 3.22. The summed E-state index contributed by atoms with van der Waals surface area (Å²) in [7, 11) is 1.80. The Morgan fingerprint density at radius 2 is 2.31 bits per heavy atom. The van der Waals surface area contributed by atoms with Gasteiger partial charge in [-0.3, -0.25) is 0 Å². The Balaban J connectivity index is 2.11. The van der Waals surface area contributed by atoms with Gasteiger partial charge in [0.15, 0.2) is 5.16 Å². The van der Waals surface area contributed by atoms with Crippen LogP contribution in [0.3, 0.4) is 0 Å². The number of halogens is 1. The molecular weight excluding hydrogens is 227 g/mol. The molecule has 4 nitrogen and oxygen atoms in total. The summed E-state index contributed by atoms with van der Waals surface area (Å²) in [5, 5.41) is 4.69. The third-order valence-electron chi connectivity index (χ3n) is 2.14. The summed E-state index contributed by atoms with van der Waals surface area (Å²) in [4.78, 5) is 4.04. The van der Waals surface area contributed by atoms with Crippen molar-refractivity contribution >= 4 is 17.4 Å². The molecule has 2 aromatic rings. The number of aromatic nitrogens is 3. The molecule has 0 aliphatic heterocycles. The highest BCUT2D eigenvalue weighted by atomic mass is 32.2. The van der Waals surface area contributed by atoms with Crippen molar-refractivity contribution in [2.75, 3.05) is 5.73 Å². The average Bonchev–Trinajstić information content (AvgIpc) is 2.67. The van der Waals surface area contributed by atoms with Crippen LogP contribution in [0.25, 0.3) is 0 Å². The molecule has 1 aromatic heterocycles. The second-order valence-electron chi connectivity index (χ2n) is 3.28. The van der Waals surface area contributed by atoms with E-state index in [1.807, 2.05) is 0 Å². The Hall–Kier alpha value is -1.56. The summed E-state index contributed by atoms with van der Waals surface area (Å²) in [5.74, 6) is 0.140. The Kier molecular flexibility index (Phi) is 3.09. The van der Waals surface area contributed by atoms with E-state index in [-0.39, 0.29) is 11.5 Å². The van der Waals surface area contributed by atoms with Gasteiger partial charge in [0.05, 0.1) is 5.69 Å². The fraction of sp³-hybridized carbons (Fsp3) is 0.200. The maximum absolute atomic E-state index is 13.5. The maximum atomic E-state index is 13.5. The van der Waals surface area contributed by atoms with Crippen LogP contribution in [-0.2, 0) is 12.8 Å². The van der Waals surface area contributed by atoms with Crippen molar-refractivity contribution in [1.82, 2.24) is 14.8 Å². The number of thioether (sulfide) groups is 1. The van der Waals surface area contributed by atoms with Crippen LogP contribution in [0.15, 0.2) is 29.7 Å². The quantitative estimate of drug-likeness (QED) is 0.654. The van der Waals surface area contributed by atoms with E-state index in [2.05, 4.69) is 10.1 Å². The Morgan fingerprint density at radius 3 is 3.00 bits per heavy atom. The molecule has 1 heterocycles. The standard InChI is InChI=1S/C10H11FN4S/c1-15-10(13-6-14-15)16-5-7-3-2-4-8(12)9(7)11/h2-4,6H,5,12H2,1H3. The van der Waals surface area contributed by atoms with Gasteiger partial charge in [0.25, 0.3) is 0 Å². The van der Waals surface area contributed by atoms with Crippen LogP contribution in [0, 0.1) is 5.82 Å². The van der Waals surface area contributed by atoms with E-state index in [4.69, 9.17) is 5.73 Å². The van der Waals surface area contributed by atoms with Crippen molar-refractivity contribution in [3.05, 3.63) is 35.9 Å². The minimum atomic E-state index is -0.350. The first-order valence-corrected chi connectivity index (χ1v) is 5.66. The lowest BCUT2D eigenvalue weighted by Gasteiger charge is -2.04. The Labute approximate surface area is 96.7 Å². The van der Waals surface area contributed by atoms with Gasteiger partial charge >= 0.3 is 0 Å². The molecular formula is C10H11FN4S. The normalized spacial score (nSPS) is 10.6. The monoisotopic (exact) mass is 238 g/mol. The summed E-state index contributed by atoms with van der Waals surface area (Å²) in [6.45, 7) is 0. The number of hydrogen-bond acceptors (Lipinski definition) is 4. The van der Waals surface area contributed by atoms with Crippen LogP contribution in [0.1, 0.15) is 5.56 Å². The summed E-state index contributed by atoms with van der Waals surface area (Å²) < 4.78 is 15.2. The molecule has 0 saturated heterocycles. The van der Waals surface area contributed by atoms with Gasteiger partial charge in [0.2, 0.25) is 0 Å². The molecule has 0 fully saturated rings. The number of aryl methyl sites for hydroxylation is 1. The number of benzene rings is 1. The number of nitrogens with two attached hydrogens (primary N) is 1. The molecule has 0 unspecified atom stereocenters. The molecule has 0 aliphatic rings. The molecule has 16 heavy (non-hydrogen) atoms. The molecule has 0 saturated carbocycles. The first-order valence-electron chi connectivity index (χ1n) is 4.68. The third kappa shape index (κ3) is 2.16. The molecule has 84 valence electrons. The van der Waals surface area contributed by atoms with Gasteiger partial charge in [-0.05, 0) is 6.07 Å². The molecule has 0 bridgehead atoms. The summed E-state index contributed by atoms with van der Waals surface area (Å²) in [6, 6.07) is 5.01. The van der Waals surface area contributed by atoms with Crippen LogP contribution in [0.2, 0.25) is 0 Å². The van der Waals surface area contributed by atoms with Crippen LogP contribution in [-0.4, -0.2) is 14.8 Å². The van der Waals surface area contributed by atoms with Crippen LogP contribution < -0.4 is 5.73 Å². The molecule has 2 rings (SSSR count). The lowest BCUT2D eigenvalue weighted by molar-refractivity contribution is 0.621. The lowest BCUT2D eigenvalue weighted by atomic mass is 10.2. The molecule has 1 aromatic carbocycles. The first kappa shape index (κ1) is 10.9. The van der Waals surface area contributed by atoms with Crippen LogP contribution >= 0.6 is 11.8 Å². The number of anilines is 1. The van der Waals surface area contributed by atoms with Crippen molar-refractivity contribution in [2.24, 2.45) is 7.05 Å². The highest BCUT2D eigenvalue weighted by Crippen LogP contribution is 2.23. The van der Waals surface area contributed by atoms with Crippen LogP contribution in [0.5, 0.6) is 0 Å². The molecule has 0 aliphatic carbocycles. The average molecular weight is 238 g/mol. The highest BCUT2D eigenvalue weighted by molar-refractivity contribution is 7.98. The van der Waals surface area contributed by atoms with E-state index in [9.17, 15) is 4.39 Å². The van der Waals surface area contributed by atoms with Gasteiger partial charge in [-0.25, -0.2) is 14.1 Å². The predicted octanol–water partition coefficient (Wildman–Crippen LogP) is 1.83. The van der Waals surface area contributed by atoms with Gasteiger partial charge in [-0.15, -0.1) is 0 Å². The topological polar surface area (TPSA) is 56.7 Å². The molecule has 0 spiro atoms. The van der Waals surface area contributed by atoms with Crippen molar-refractivity contribution < 1.29 is 4.39 Å². The minimum absolute atomic E-state index is 0.177. The zero-order valence-electron chi connectivity index (χ0n) is 8.72. The largest absolute Gasteiger partial charge is 0.396 e. The Bertz CT molecular complexity index is 497. The summed E-state index contributed by atoms with van der Waals surface area (Å²) in [6.07, 6.45) is 1.47. The number of hydrogen-bond donors (Lipinski definition) is 1. The minimum Gasteiger partial charge on any atom is -0.396 e. The van der Waals surface area contributed by atoms with Gasteiger partial charge in [0, 0.05) is 18.4 Å². The maximum Gasteiger partial charge on any atom is 0.186 e. The predicted molar refractivity (Wildman–Crippen MR) is 61.4 cm³/mol. The molecule has 0 amide bonds. The van der Waals surface area contributed by atoms with E-state index in [1.165, 1.54) is 18.1 Å². The highest BCUT2D eigenvalue weighted by Gasteiger charge is 2.07. The number of nitrogen functional groups attached to an aromatic ring is 1. The lowest BCUT2D eigenvalue weighted by Crippen LogP contribution is -1.97. The zero-order valence-corrected chi connectivity index (χ0v) is 9.54. The SMILES string of the molecule is Cn1ncnc1SCc1cccc(N)c1F. The molecule has 6 heteroatoms. The fourth-order valence-electron chi connectivity index (χ4n) is 1.27. The summed E-state index contributed by atoms with van der Waals surface area (Å²) >= 11 is 1.42. The first-order chi connectivity index (χ1) is 7.68. The van der Waals surface area contributed by atoms with Crippen LogP contribution in [0.4, 0.5) is 10.1 Å². The smallest absolute Gasteiger partial charge is 0.186 e. The van der Waals surface area contributed by atoms with Gasteiger partial charge in [0.1, 0.15) is 12.1 Å². The molecule has 0 radical (unpaired) electrons.